The van der Waals surface area contributed by atoms with Gasteiger partial charge in [0.25, 0.3) is 11.8 Å². The summed E-state index contributed by atoms with van der Waals surface area (Å²) in [5, 5.41) is 19.4. The summed E-state index contributed by atoms with van der Waals surface area (Å²) in [6.07, 6.45) is 0.665. The lowest BCUT2D eigenvalue weighted by atomic mass is 9.89. The summed E-state index contributed by atoms with van der Waals surface area (Å²) in [4.78, 5) is 50.5. The van der Waals surface area contributed by atoms with Gasteiger partial charge in [0, 0.05) is 87.6 Å². The van der Waals surface area contributed by atoms with E-state index in [-0.39, 0.29) is 41.5 Å². The van der Waals surface area contributed by atoms with Gasteiger partial charge in [-0.3, -0.25) is 14.5 Å². The minimum absolute atomic E-state index is 0.0951. The number of rotatable bonds is 7. The average molecular weight is 779 g/mol. The maximum absolute atomic E-state index is 15.4. The van der Waals surface area contributed by atoms with Crippen molar-refractivity contribution < 1.29 is 29.0 Å². The molecule has 296 valence electrons. The van der Waals surface area contributed by atoms with Gasteiger partial charge in [-0.2, -0.15) is 5.26 Å². The molecule has 0 unspecified atom stereocenters. The zero-order valence-electron chi connectivity index (χ0n) is 33.0. The van der Waals surface area contributed by atoms with E-state index in [0.29, 0.717) is 61.6 Å². The van der Waals surface area contributed by atoms with Crippen LogP contribution < -0.4 is 9.64 Å². The zero-order chi connectivity index (χ0) is 40.5. The van der Waals surface area contributed by atoms with Crippen molar-refractivity contribution >= 4 is 23.6 Å². The van der Waals surface area contributed by atoms with Gasteiger partial charge in [0.1, 0.15) is 11.8 Å². The molecule has 3 aliphatic rings. The first-order valence-electron chi connectivity index (χ1n) is 19.6. The molecule has 0 aliphatic carbocycles. The minimum Gasteiger partial charge on any atom is -0.508 e. The molecule has 0 bridgehead atoms. The molecule has 1 saturated heterocycles. The number of fused-ring (bicyclic) bond motifs is 2. The highest BCUT2D eigenvalue weighted by Crippen LogP contribution is 2.36. The van der Waals surface area contributed by atoms with Gasteiger partial charge < -0.3 is 33.8 Å². The molecule has 1 fully saturated rings. The number of aromatic hydroxyl groups is 1. The number of aromatic nitrogens is 1. The highest BCUT2D eigenvalue weighted by atomic mass is 16.6. The van der Waals surface area contributed by atoms with E-state index in [0.717, 1.165) is 47.6 Å². The first kappa shape index (κ1) is 38.5. The number of anilines is 1. The Morgan fingerprint density at radius 1 is 0.879 bits per heavy atom. The molecule has 0 saturated carbocycles. The molecular weight excluding hydrogens is 733 g/mol. The highest BCUT2D eigenvalue weighted by molar-refractivity contribution is 6.08. The van der Waals surface area contributed by atoms with Gasteiger partial charge >= 0.3 is 6.09 Å². The number of carbonyl (C=O) groups is 3. The Morgan fingerprint density at radius 3 is 2.36 bits per heavy atom. The first-order chi connectivity index (χ1) is 28.1. The number of hydrogen-bond acceptors (Lipinski definition) is 8. The maximum atomic E-state index is 15.4. The molecule has 1 N–H and O–H groups in total. The van der Waals surface area contributed by atoms with Crippen LogP contribution in [-0.4, -0.2) is 94.8 Å². The molecule has 3 amide bonds. The third-order valence-corrected chi connectivity index (χ3v) is 11.8. The van der Waals surface area contributed by atoms with Crippen LogP contribution >= 0.6 is 0 Å². The van der Waals surface area contributed by atoms with E-state index in [2.05, 4.69) is 35.2 Å². The second-order valence-corrected chi connectivity index (χ2v) is 15.3. The van der Waals surface area contributed by atoms with Gasteiger partial charge in [-0.25, -0.2) is 4.79 Å². The molecule has 0 radical (unpaired) electrons. The Labute approximate surface area is 338 Å². The predicted octanol–water partition coefficient (Wildman–Crippen LogP) is 6.31. The van der Waals surface area contributed by atoms with Gasteiger partial charge in [-0.1, -0.05) is 36.4 Å². The van der Waals surface area contributed by atoms with E-state index < -0.39 is 6.09 Å². The summed E-state index contributed by atoms with van der Waals surface area (Å²) in [5.74, 6) is -0.0346. The Kier molecular flexibility index (Phi) is 10.7. The van der Waals surface area contributed by atoms with Crippen molar-refractivity contribution in [1.82, 2.24) is 19.3 Å². The smallest absolute Gasteiger partial charge is 0.415 e. The molecule has 58 heavy (non-hydrogen) atoms. The van der Waals surface area contributed by atoms with Crippen LogP contribution in [0.5, 0.6) is 11.5 Å². The molecule has 0 spiro atoms. The van der Waals surface area contributed by atoms with Crippen LogP contribution in [0.15, 0.2) is 91.0 Å². The number of benzene rings is 4. The Bertz CT molecular complexity index is 2430. The highest BCUT2D eigenvalue weighted by Gasteiger charge is 2.35. The van der Waals surface area contributed by atoms with Crippen LogP contribution in [0.1, 0.15) is 54.2 Å². The van der Waals surface area contributed by atoms with E-state index in [1.54, 1.807) is 65.4 Å². The van der Waals surface area contributed by atoms with Crippen molar-refractivity contribution in [2.24, 2.45) is 7.05 Å². The topological polar surface area (TPSA) is 132 Å². The van der Waals surface area contributed by atoms with Crippen molar-refractivity contribution in [2.75, 3.05) is 51.3 Å². The number of phenols is 1. The third-order valence-electron chi connectivity index (χ3n) is 11.8. The average Bonchev–Trinajstić information content (AvgIpc) is 3.55. The van der Waals surface area contributed by atoms with Gasteiger partial charge in [0.05, 0.1) is 24.3 Å². The lowest BCUT2D eigenvalue weighted by Crippen LogP contribution is -2.52. The molecule has 4 heterocycles. The maximum Gasteiger partial charge on any atom is 0.415 e. The zero-order valence-corrected chi connectivity index (χ0v) is 33.0. The Balaban J connectivity index is 1.19. The number of nitrogens with zero attached hydrogens (tertiary/aromatic N) is 6. The van der Waals surface area contributed by atoms with Crippen molar-refractivity contribution in [1.29, 1.82) is 5.26 Å². The van der Waals surface area contributed by atoms with Crippen molar-refractivity contribution in [3.05, 3.63) is 136 Å². The fourth-order valence-electron chi connectivity index (χ4n) is 8.33. The third kappa shape index (κ3) is 7.54. The number of morpholine rings is 1. The number of carbonyl (C=O) groups excluding carboxylic acids is 3. The second kappa shape index (κ2) is 16.2. The quantitative estimate of drug-likeness (QED) is 0.204. The standard InChI is InChI=1S/C46H46N6O6/c1-30-39(44(54)49(3)36-12-14-38(53)15-13-36)25-42(48(30)2)40-23-32-16-17-51(46(56)58-43-11-7-6-9-33(43)26-47)27-35(32)24-41(40)45(55)52-28-34-10-5-4-8-31(34)22-37(52)29-50-18-20-57-21-19-50/h4-15,23-25,37,53H,16-22,27-29H2,1-3H3/t37-/m0/s1. The monoisotopic (exact) mass is 778 g/mol. The summed E-state index contributed by atoms with van der Waals surface area (Å²) < 4.78 is 13.3. The molecule has 1 aromatic heterocycles. The minimum atomic E-state index is -0.567. The summed E-state index contributed by atoms with van der Waals surface area (Å²) in [5.41, 5.74) is 8.24. The van der Waals surface area contributed by atoms with Gasteiger partial charge in [-0.15, -0.1) is 0 Å². The summed E-state index contributed by atoms with van der Waals surface area (Å²) in [6, 6.07) is 29.2. The van der Waals surface area contributed by atoms with Gasteiger partial charge in [0.2, 0.25) is 0 Å². The van der Waals surface area contributed by atoms with Gasteiger partial charge in [-0.05, 0) is 96.6 Å². The lowest BCUT2D eigenvalue weighted by molar-refractivity contribution is 0.0193. The fourth-order valence-corrected chi connectivity index (χ4v) is 8.33. The number of ether oxygens (including phenoxy) is 2. The first-order valence-corrected chi connectivity index (χ1v) is 19.6. The summed E-state index contributed by atoms with van der Waals surface area (Å²) >= 11 is 0. The van der Waals surface area contributed by atoms with E-state index in [1.165, 1.54) is 5.56 Å². The van der Waals surface area contributed by atoms with Crippen molar-refractivity contribution in [3.63, 3.8) is 0 Å². The van der Waals surface area contributed by atoms with Crippen LogP contribution in [0, 0.1) is 18.3 Å². The van der Waals surface area contributed by atoms with Gasteiger partial charge in [0.15, 0.2) is 5.75 Å². The van der Waals surface area contributed by atoms with Crippen LogP contribution in [0.3, 0.4) is 0 Å². The summed E-state index contributed by atoms with van der Waals surface area (Å²) in [6.45, 7) is 6.56. The Morgan fingerprint density at radius 2 is 1.60 bits per heavy atom. The molecule has 12 nitrogen and oxygen atoms in total. The van der Waals surface area contributed by atoms with Crippen LogP contribution in [-0.2, 0) is 37.7 Å². The molecule has 1 atom stereocenters. The summed E-state index contributed by atoms with van der Waals surface area (Å²) in [7, 11) is 3.61. The largest absolute Gasteiger partial charge is 0.508 e. The van der Waals surface area contributed by atoms with Crippen LogP contribution in [0.25, 0.3) is 11.3 Å². The van der Waals surface area contributed by atoms with E-state index in [1.807, 2.05) is 41.6 Å². The van der Waals surface area contributed by atoms with E-state index in [9.17, 15) is 20.0 Å². The van der Waals surface area contributed by atoms with Crippen LogP contribution in [0.2, 0.25) is 0 Å². The Hall–Kier alpha value is -6.42. The van der Waals surface area contributed by atoms with E-state index in [4.69, 9.17) is 9.47 Å². The normalized spacial score (nSPS) is 16.6. The number of phenolic OH excluding ortho intramolecular Hbond substituents is 1. The molecule has 3 aliphatic heterocycles. The fraction of sp³-hybridized carbons (Fsp3) is 0.304. The van der Waals surface area contributed by atoms with Crippen molar-refractivity contribution in [2.45, 2.75) is 38.9 Å². The van der Waals surface area contributed by atoms with Crippen molar-refractivity contribution in [3.8, 4) is 28.8 Å². The number of nitriles is 1. The number of para-hydroxylation sites is 1. The second-order valence-electron chi connectivity index (χ2n) is 15.3. The number of hydrogen-bond donors (Lipinski definition) is 1. The lowest BCUT2D eigenvalue weighted by Gasteiger charge is -2.41. The molecule has 5 aromatic rings. The predicted molar refractivity (Wildman–Crippen MR) is 219 cm³/mol. The molecule has 4 aromatic carbocycles. The van der Waals surface area contributed by atoms with Crippen LogP contribution in [0.4, 0.5) is 10.5 Å². The van der Waals surface area contributed by atoms with E-state index >= 15 is 4.79 Å². The molecule has 8 rings (SSSR count). The SMILES string of the molecule is Cc1c(C(=O)N(C)c2ccc(O)cc2)cc(-c2cc3c(cc2C(=O)N2Cc4ccccc4C[C@H]2CN2CCOCC2)CN(C(=O)Oc2ccccc2C#N)CC3)n1C. The number of amides is 3. The molecular formula is C46H46N6O6. The molecule has 12 heteroatoms.